The number of esters is 3. The Kier molecular flexibility index (Phi) is 49.4. The summed E-state index contributed by atoms with van der Waals surface area (Å²) in [6.45, 7) is 6.45. The number of hydrogen-bond acceptors (Lipinski definition) is 6. The molecule has 0 aromatic carbocycles. The molecule has 0 heterocycles. The van der Waals surface area contributed by atoms with Crippen LogP contribution < -0.4 is 0 Å². The summed E-state index contributed by atoms with van der Waals surface area (Å²) in [5.41, 5.74) is 0. The number of ether oxygens (including phenoxy) is 3. The molecule has 0 amide bonds. The van der Waals surface area contributed by atoms with Crippen LogP contribution in [0.15, 0.2) is 85.1 Å². The fourth-order valence-corrected chi connectivity index (χ4v) is 7.15. The van der Waals surface area contributed by atoms with Crippen molar-refractivity contribution >= 4 is 17.9 Å². The van der Waals surface area contributed by atoms with Gasteiger partial charge in [0.2, 0.25) is 0 Å². The van der Waals surface area contributed by atoms with Crippen LogP contribution in [-0.2, 0) is 28.6 Å². The van der Waals surface area contributed by atoms with Gasteiger partial charge in [0.25, 0.3) is 0 Å². The molecule has 0 spiro atoms. The van der Waals surface area contributed by atoms with Crippen LogP contribution in [0.5, 0.6) is 0 Å². The average Bonchev–Trinajstić information content (AvgIpc) is 3.29. The Morgan fingerprint density at radius 1 is 0.328 bits per heavy atom. The summed E-state index contributed by atoms with van der Waals surface area (Å²) in [7, 11) is 0. The largest absolute Gasteiger partial charge is 0.462 e. The first-order chi connectivity index (χ1) is 31.5. The van der Waals surface area contributed by atoms with E-state index in [1.54, 1.807) is 0 Å². The van der Waals surface area contributed by atoms with Crippen LogP contribution in [0.2, 0.25) is 0 Å². The van der Waals surface area contributed by atoms with Crippen LogP contribution in [0.3, 0.4) is 0 Å². The third-order valence-corrected chi connectivity index (χ3v) is 11.1. The molecule has 6 heteroatoms. The highest BCUT2D eigenvalue weighted by atomic mass is 16.6. The van der Waals surface area contributed by atoms with Gasteiger partial charge in [0.05, 0.1) is 0 Å². The third-order valence-electron chi connectivity index (χ3n) is 11.1. The van der Waals surface area contributed by atoms with Gasteiger partial charge in [0.1, 0.15) is 13.2 Å². The molecule has 1 atom stereocenters. The molecule has 0 aliphatic heterocycles. The second-order valence-electron chi connectivity index (χ2n) is 17.4. The van der Waals surface area contributed by atoms with Gasteiger partial charge >= 0.3 is 17.9 Å². The lowest BCUT2D eigenvalue weighted by Crippen LogP contribution is -2.30. The minimum atomic E-state index is -0.793. The van der Waals surface area contributed by atoms with E-state index >= 15 is 0 Å². The molecule has 0 rings (SSSR count). The lowest BCUT2D eigenvalue weighted by Gasteiger charge is -2.18. The Morgan fingerprint density at radius 3 is 0.953 bits per heavy atom. The van der Waals surface area contributed by atoms with E-state index in [-0.39, 0.29) is 31.1 Å². The van der Waals surface area contributed by atoms with E-state index in [0.29, 0.717) is 19.3 Å². The first kappa shape index (κ1) is 60.6. The smallest absolute Gasteiger partial charge is 0.306 e. The molecule has 0 aromatic rings. The van der Waals surface area contributed by atoms with E-state index in [1.165, 1.54) is 89.9 Å². The minimum Gasteiger partial charge on any atom is -0.462 e. The molecule has 1 unspecified atom stereocenters. The third kappa shape index (κ3) is 49.6. The van der Waals surface area contributed by atoms with Crippen molar-refractivity contribution in [1.29, 1.82) is 0 Å². The van der Waals surface area contributed by atoms with Gasteiger partial charge in [-0.15, -0.1) is 0 Å². The molecule has 366 valence electrons. The van der Waals surface area contributed by atoms with Crippen molar-refractivity contribution in [2.45, 2.75) is 252 Å². The maximum atomic E-state index is 12.8. The van der Waals surface area contributed by atoms with Gasteiger partial charge in [0.15, 0.2) is 6.10 Å². The van der Waals surface area contributed by atoms with Gasteiger partial charge < -0.3 is 14.2 Å². The number of unbranched alkanes of at least 4 members (excludes halogenated alkanes) is 22. The van der Waals surface area contributed by atoms with Crippen molar-refractivity contribution in [1.82, 2.24) is 0 Å². The van der Waals surface area contributed by atoms with E-state index in [9.17, 15) is 14.4 Å². The average molecular weight is 891 g/mol. The lowest BCUT2D eigenvalue weighted by atomic mass is 10.1. The Morgan fingerprint density at radius 2 is 0.609 bits per heavy atom. The van der Waals surface area contributed by atoms with Gasteiger partial charge in [0, 0.05) is 19.3 Å². The van der Waals surface area contributed by atoms with Gasteiger partial charge in [-0.25, -0.2) is 0 Å². The second-order valence-corrected chi connectivity index (χ2v) is 17.4. The molecule has 0 saturated carbocycles. The van der Waals surface area contributed by atoms with Crippen molar-refractivity contribution in [2.75, 3.05) is 13.2 Å². The predicted octanol–water partition coefficient (Wildman–Crippen LogP) is 17.6. The van der Waals surface area contributed by atoms with Gasteiger partial charge in [-0.2, -0.15) is 0 Å². The molecule has 6 nitrogen and oxygen atoms in total. The van der Waals surface area contributed by atoms with Crippen LogP contribution >= 0.6 is 0 Å². The van der Waals surface area contributed by atoms with Gasteiger partial charge in [-0.3, -0.25) is 14.4 Å². The van der Waals surface area contributed by atoms with Crippen molar-refractivity contribution in [3.05, 3.63) is 85.1 Å². The molecule has 0 saturated heterocycles. The Labute approximate surface area is 395 Å². The van der Waals surface area contributed by atoms with E-state index < -0.39 is 6.10 Å². The number of allylic oxidation sites excluding steroid dienone is 14. The molecule has 0 N–H and O–H groups in total. The second kappa shape index (κ2) is 52.2. The molecular weight excluding hydrogens is 793 g/mol. The standard InChI is InChI=1S/C58H98O6/c1-4-7-10-13-16-19-21-23-25-27-28-29-30-32-33-35-37-39-42-45-48-51-57(60)63-54-55(53-62-56(59)50-47-44-41-18-15-12-9-6-3)64-58(61)52-49-46-43-40-38-36-34-31-26-24-22-20-17-14-11-8-5-2/h8,11,17,20-21,23-24,26-28,30,32,34,36,55H,4-7,9-10,12-16,18-19,22,25,29,31,33,35,37-54H2,1-3H3/b11-8-,20-17-,23-21-,26-24-,28-27-,32-30-,36-34-. The summed E-state index contributed by atoms with van der Waals surface area (Å²) >= 11 is 0. The molecule has 0 aromatic heterocycles. The molecule has 0 radical (unpaired) electrons. The fraction of sp³-hybridized carbons (Fsp3) is 0.707. The highest BCUT2D eigenvalue weighted by Gasteiger charge is 2.19. The van der Waals surface area contributed by atoms with Crippen LogP contribution in [0, 0.1) is 0 Å². The Balaban J connectivity index is 4.35. The molecule has 0 aliphatic carbocycles. The molecule has 0 aliphatic rings. The topological polar surface area (TPSA) is 78.9 Å². The minimum absolute atomic E-state index is 0.0907. The molecule has 0 bridgehead atoms. The van der Waals surface area contributed by atoms with Crippen molar-refractivity contribution in [3.8, 4) is 0 Å². The number of rotatable bonds is 47. The van der Waals surface area contributed by atoms with E-state index in [4.69, 9.17) is 14.2 Å². The van der Waals surface area contributed by atoms with Crippen LogP contribution in [-0.4, -0.2) is 37.2 Å². The van der Waals surface area contributed by atoms with Crippen molar-refractivity contribution in [3.63, 3.8) is 0 Å². The van der Waals surface area contributed by atoms with Crippen LogP contribution in [0.25, 0.3) is 0 Å². The zero-order valence-corrected chi connectivity index (χ0v) is 41.8. The zero-order valence-electron chi connectivity index (χ0n) is 41.8. The fourth-order valence-electron chi connectivity index (χ4n) is 7.15. The van der Waals surface area contributed by atoms with E-state index in [1.807, 2.05) is 0 Å². The monoisotopic (exact) mass is 891 g/mol. The van der Waals surface area contributed by atoms with Gasteiger partial charge in [-0.05, 0) is 96.3 Å². The van der Waals surface area contributed by atoms with Crippen LogP contribution in [0.4, 0.5) is 0 Å². The normalized spacial score (nSPS) is 12.7. The van der Waals surface area contributed by atoms with Crippen molar-refractivity contribution in [2.24, 2.45) is 0 Å². The first-order valence-corrected chi connectivity index (χ1v) is 26.6. The predicted molar refractivity (Wildman–Crippen MR) is 274 cm³/mol. The molecule has 0 fully saturated rings. The summed E-state index contributed by atoms with van der Waals surface area (Å²) < 4.78 is 16.7. The molecular formula is C58H98O6. The quantitative estimate of drug-likeness (QED) is 0.0262. The maximum absolute atomic E-state index is 12.8. The summed E-state index contributed by atoms with van der Waals surface area (Å²) in [5.74, 6) is -0.932. The number of carbonyl (C=O) groups is 3. The summed E-state index contributed by atoms with van der Waals surface area (Å²) in [4.78, 5) is 37.9. The summed E-state index contributed by atoms with van der Waals surface area (Å²) in [5, 5.41) is 0. The SMILES string of the molecule is CC/C=C\C/C=C\C/C=C\C/C=C\CCCCCCC(=O)OC(COC(=O)CCCCCCCC/C=C\C/C=C\C/C=C\CCCCCCC)COC(=O)CCCCCCCCCC. The van der Waals surface area contributed by atoms with Crippen molar-refractivity contribution < 1.29 is 28.6 Å². The Hall–Kier alpha value is -3.41. The molecule has 64 heavy (non-hydrogen) atoms. The maximum Gasteiger partial charge on any atom is 0.306 e. The lowest BCUT2D eigenvalue weighted by molar-refractivity contribution is -0.167. The van der Waals surface area contributed by atoms with E-state index in [0.717, 1.165) is 116 Å². The summed E-state index contributed by atoms with van der Waals surface area (Å²) in [6.07, 6.45) is 67.2. The van der Waals surface area contributed by atoms with Gasteiger partial charge in [-0.1, -0.05) is 215 Å². The van der Waals surface area contributed by atoms with E-state index in [2.05, 4.69) is 106 Å². The first-order valence-electron chi connectivity index (χ1n) is 26.6. The summed E-state index contributed by atoms with van der Waals surface area (Å²) in [6, 6.07) is 0. The zero-order chi connectivity index (χ0) is 46.5. The Bertz CT molecular complexity index is 1250. The highest BCUT2D eigenvalue weighted by Crippen LogP contribution is 2.14. The highest BCUT2D eigenvalue weighted by molar-refractivity contribution is 5.71. The van der Waals surface area contributed by atoms with Crippen LogP contribution in [0.1, 0.15) is 245 Å². The number of hydrogen-bond donors (Lipinski definition) is 0. The number of carbonyl (C=O) groups excluding carboxylic acids is 3.